The number of nitrogen functional groups attached to an aromatic ring is 1. The summed E-state index contributed by atoms with van der Waals surface area (Å²) in [4.78, 5) is 10.3. The number of aromatic nitrogens is 5. The first-order valence-corrected chi connectivity index (χ1v) is 12.5. The maximum atomic E-state index is 15.1. The molecular formula is C25H30F5N7S. The number of nitrogens with zero attached hydrogens (tertiary/aromatic N) is 6. The van der Waals surface area contributed by atoms with Crippen LogP contribution >= 0.6 is 12.6 Å². The summed E-state index contributed by atoms with van der Waals surface area (Å²) in [6, 6.07) is 5.08. The van der Waals surface area contributed by atoms with E-state index in [1.54, 1.807) is 37.1 Å². The van der Waals surface area contributed by atoms with Gasteiger partial charge < -0.3 is 15.2 Å². The zero-order valence-electron chi connectivity index (χ0n) is 21.5. The average molecular weight is 556 g/mol. The number of likely N-dealkylation sites (tertiary alicyclic amines) is 1. The van der Waals surface area contributed by atoms with Crippen molar-refractivity contribution in [3.8, 4) is 11.1 Å². The van der Waals surface area contributed by atoms with Crippen molar-refractivity contribution in [2.45, 2.75) is 57.3 Å². The van der Waals surface area contributed by atoms with Crippen molar-refractivity contribution >= 4 is 35.1 Å². The van der Waals surface area contributed by atoms with Crippen LogP contribution in [0.1, 0.15) is 31.8 Å². The Labute approximate surface area is 222 Å². The molecule has 0 atom stereocenters. The lowest BCUT2D eigenvalue weighted by molar-refractivity contribution is 0.0146. The van der Waals surface area contributed by atoms with Gasteiger partial charge in [0.2, 0.25) is 5.95 Å². The Balaban J connectivity index is 0.000000360. The molecule has 0 bridgehead atoms. The summed E-state index contributed by atoms with van der Waals surface area (Å²) in [5.74, 6) is -2.42. The number of hydrogen-bond acceptors (Lipinski definition) is 6. The zero-order valence-corrected chi connectivity index (χ0v) is 22.4. The van der Waals surface area contributed by atoms with E-state index in [0.717, 1.165) is 0 Å². The number of halogens is 5. The van der Waals surface area contributed by atoms with Gasteiger partial charge in [-0.15, -0.1) is 5.10 Å². The van der Waals surface area contributed by atoms with Gasteiger partial charge in [0.1, 0.15) is 5.82 Å². The van der Waals surface area contributed by atoms with Crippen LogP contribution in [0.5, 0.6) is 0 Å². The Morgan fingerprint density at radius 3 is 2.47 bits per heavy atom. The Morgan fingerprint density at radius 2 is 1.92 bits per heavy atom. The molecule has 1 aliphatic rings. The third-order valence-electron chi connectivity index (χ3n) is 6.18. The maximum Gasteiger partial charge on any atom is 0.261 e. The number of thiol groups is 1. The highest BCUT2D eigenvalue weighted by molar-refractivity contribution is 7.81. The normalized spacial score (nSPS) is 16.0. The molecule has 1 saturated heterocycles. The number of anilines is 1. The van der Waals surface area contributed by atoms with Gasteiger partial charge in [-0.1, -0.05) is 19.9 Å². The minimum absolute atomic E-state index is 0.0257. The SMILES string of the molecule is CN1CCC(F)(F)C1.Cc1nc2ccc(-c3c(F)cn4nc(N)nc(CC(C)(C)S)c34)cc2n1CC(F)F. The Kier molecular flexibility index (Phi) is 7.63. The molecule has 0 radical (unpaired) electrons. The van der Waals surface area contributed by atoms with Gasteiger partial charge >= 0.3 is 0 Å². The molecule has 13 heteroatoms. The van der Waals surface area contributed by atoms with E-state index in [0.29, 0.717) is 46.6 Å². The number of rotatable bonds is 5. The molecule has 1 fully saturated rings. The number of fused-ring (bicyclic) bond motifs is 2. The van der Waals surface area contributed by atoms with Crippen molar-refractivity contribution in [2.24, 2.45) is 0 Å². The van der Waals surface area contributed by atoms with Crippen molar-refractivity contribution in [1.29, 1.82) is 0 Å². The molecule has 206 valence electrons. The molecule has 0 amide bonds. The van der Waals surface area contributed by atoms with E-state index in [1.165, 1.54) is 15.3 Å². The number of benzene rings is 1. The lowest BCUT2D eigenvalue weighted by Crippen LogP contribution is -2.21. The predicted molar refractivity (Wildman–Crippen MR) is 141 cm³/mol. The highest BCUT2D eigenvalue weighted by Gasteiger charge is 2.36. The highest BCUT2D eigenvalue weighted by atomic mass is 32.1. The number of hydrogen-bond donors (Lipinski definition) is 2. The molecule has 0 aliphatic carbocycles. The van der Waals surface area contributed by atoms with Gasteiger partial charge in [-0.3, -0.25) is 0 Å². The third kappa shape index (κ3) is 6.20. The largest absolute Gasteiger partial charge is 0.367 e. The fraction of sp³-hybridized carbons (Fsp3) is 0.480. The van der Waals surface area contributed by atoms with Crippen LogP contribution < -0.4 is 5.73 Å². The summed E-state index contributed by atoms with van der Waals surface area (Å²) < 4.78 is 67.9. The van der Waals surface area contributed by atoms with Crippen molar-refractivity contribution in [3.05, 3.63) is 41.7 Å². The van der Waals surface area contributed by atoms with E-state index in [9.17, 15) is 17.6 Å². The summed E-state index contributed by atoms with van der Waals surface area (Å²) in [6.07, 6.45) is -0.835. The Morgan fingerprint density at radius 1 is 1.21 bits per heavy atom. The van der Waals surface area contributed by atoms with Crippen LogP contribution in [0.15, 0.2) is 24.4 Å². The standard InChI is InChI=1S/C20H21F3N6S.C5H9F2N/c1-10-25-13-5-4-11(6-15(13)28(10)9-16(22)23)17-12(21)8-29-18(17)14(7-20(2,3)30)26-19(24)27-29;1-8-3-2-5(6,7)4-8/h4-6,8,16,30H,7,9H2,1-3H3,(H2,24,27);2-4H2,1H3. The number of alkyl halides is 4. The summed E-state index contributed by atoms with van der Waals surface area (Å²) in [7, 11) is 1.71. The number of imidazole rings is 1. The van der Waals surface area contributed by atoms with E-state index in [4.69, 9.17) is 5.73 Å². The molecule has 4 aromatic rings. The van der Waals surface area contributed by atoms with E-state index in [1.807, 2.05) is 13.8 Å². The van der Waals surface area contributed by atoms with Crippen LogP contribution in [0.2, 0.25) is 0 Å². The topological polar surface area (TPSA) is 77.3 Å². The van der Waals surface area contributed by atoms with Gasteiger partial charge in [0.15, 0.2) is 5.82 Å². The smallest absolute Gasteiger partial charge is 0.261 e. The number of aryl methyl sites for hydroxylation is 1. The lowest BCUT2D eigenvalue weighted by atomic mass is 10.0. The minimum Gasteiger partial charge on any atom is -0.367 e. The van der Waals surface area contributed by atoms with E-state index in [-0.39, 0.29) is 24.5 Å². The second-order valence-corrected chi connectivity index (χ2v) is 11.5. The second kappa shape index (κ2) is 10.3. The van der Waals surface area contributed by atoms with Crippen molar-refractivity contribution < 1.29 is 22.0 Å². The first-order valence-electron chi connectivity index (χ1n) is 12.0. The molecule has 0 unspecified atom stereocenters. The monoisotopic (exact) mass is 555 g/mol. The quantitative estimate of drug-likeness (QED) is 0.260. The first-order chi connectivity index (χ1) is 17.6. The van der Waals surface area contributed by atoms with Gasteiger partial charge in [-0.2, -0.15) is 12.6 Å². The Bertz CT molecular complexity index is 1460. The van der Waals surface area contributed by atoms with Crippen LogP contribution in [-0.2, 0) is 13.0 Å². The van der Waals surface area contributed by atoms with Gasteiger partial charge in [0.05, 0.1) is 41.5 Å². The van der Waals surface area contributed by atoms with E-state index in [2.05, 4.69) is 27.7 Å². The summed E-state index contributed by atoms with van der Waals surface area (Å²) in [5, 5.41) is 4.10. The van der Waals surface area contributed by atoms with Gasteiger partial charge in [-0.05, 0) is 31.7 Å². The molecule has 0 spiro atoms. The van der Waals surface area contributed by atoms with Crippen LogP contribution in [0.25, 0.3) is 27.7 Å². The van der Waals surface area contributed by atoms with Crippen molar-refractivity contribution in [1.82, 2.24) is 29.0 Å². The van der Waals surface area contributed by atoms with Crippen LogP contribution in [0.4, 0.5) is 27.9 Å². The van der Waals surface area contributed by atoms with Gasteiger partial charge in [0.25, 0.3) is 12.3 Å². The fourth-order valence-corrected chi connectivity index (χ4v) is 4.78. The molecule has 4 heterocycles. The molecule has 1 aliphatic heterocycles. The van der Waals surface area contributed by atoms with Crippen LogP contribution in [0, 0.1) is 12.7 Å². The molecule has 5 rings (SSSR count). The van der Waals surface area contributed by atoms with Crippen molar-refractivity contribution in [2.75, 3.05) is 25.9 Å². The first kappa shape index (κ1) is 28.1. The molecule has 1 aromatic carbocycles. The van der Waals surface area contributed by atoms with E-state index >= 15 is 4.39 Å². The second-order valence-electron chi connectivity index (χ2n) is 10.3. The minimum atomic E-state index is -2.53. The highest BCUT2D eigenvalue weighted by Crippen LogP contribution is 2.34. The molecule has 2 N–H and O–H groups in total. The third-order valence-corrected chi connectivity index (χ3v) is 6.34. The average Bonchev–Trinajstić information content (AvgIpc) is 3.38. The Hall–Kier alpha value is -2.93. The predicted octanol–water partition coefficient (Wildman–Crippen LogP) is 5.25. The molecule has 0 saturated carbocycles. The maximum absolute atomic E-state index is 15.1. The molecule has 38 heavy (non-hydrogen) atoms. The molecule has 7 nitrogen and oxygen atoms in total. The van der Waals surface area contributed by atoms with Crippen LogP contribution in [-0.4, -0.2) is 66.3 Å². The van der Waals surface area contributed by atoms with Gasteiger partial charge in [-0.25, -0.2) is 36.4 Å². The fourth-order valence-electron chi connectivity index (χ4n) is 4.63. The molecule has 3 aromatic heterocycles. The lowest BCUT2D eigenvalue weighted by Gasteiger charge is -2.18. The molecular weight excluding hydrogens is 525 g/mol. The van der Waals surface area contributed by atoms with Gasteiger partial charge in [0, 0.05) is 29.7 Å². The summed E-state index contributed by atoms with van der Waals surface area (Å²) >= 11 is 4.56. The summed E-state index contributed by atoms with van der Waals surface area (Å²) in [5.41, 5.74) is 8.72. The van der Waals surface area contributed by atoms with Crippen LogP contribution in [0.3, 0.4) is 0 Å². The zero-order chi connectivity index (χ0) is 28.0. The summed E-state index contributed by atoms with van der Waals surface area (Å²) in [6.45, 7) is 5.49. The van der Waals surface area contributed by atoms with E-state index < -0.39 is 29.5 Å². The number of nitrogens with two attached hydrogens (primary N) is 1. The van der Waals surface area contributed by atoms with Crippen molar-refractivity contribution in [3.63, 3.8) is 0 Å².